The summed E-state index contributed by atoms with van der Waals surface area (Å²) in [5.41, 5.74) is 6.76. The van der Waals surface area contributed by atoms with Crippen LogP contribution in [0.15, 0.2) is 28.4 Å². The Balaban J connectivity index is 2.81. The summed E-state index contributed by atoms with van der Waals surface area (Å²) < 4.78 is 25.3. The van der Waals surface area contributed by atoms with E-state index in [0.717, 1.165) is 24.4 Å². The van der Waals surface area contributed by atoms with E-state index in [1.165, 1.54) is 5.48 Å². The van der Waals surface area contributed by atoms with E-state index >= 15 is 0 Å². The summed E-state index contributed by atoms with van der Waals surface area (Å²) in [5.74, 6) is -1.76. The number of nitrogens with two attached hydrogens (primary N) is 1. The number of nitrogens with zero attached hydrogens (tertiary/aromatic N) is 2. The van der Waals surface area contributed by atoms with Crippen molar-refractivity contribution in [1.82, 2.24) is 5.48 Å². The lowest BCUT2D eigenvalue weighted by Gasteiger charge is -1.94. The van der Waals surface area contributed by atoms with Crippen LogP contribution in [0.5, 0.6) is 0 Å². The Morgan fingerprint density at radius 1 is 1.33 bits per heavy atom. The zero-order chi connectivity index (χ0) is 11.3. The Hall–Kier alpha value is -2.02. The molecule has 5 nitrogen and oxygen atoms in total. The van der Waals surface area contributed by atoms with Crippen LogP contribution in [0.3, 0.4) is 0 Å². The molecule has 0 aliphatic heterocycles. The van der Waals surface area contributed by atoms with E-state index in [-0.39, 0.29) is 11.5 Å². The van der Waals surface area contributed by atoms with Crippen LogP contribution in [-0.2, 0) is 0 Å². The lowest BCUT2D eigenvalue weighted by molar-refractivity contribution is 0.232. The molecular formula is C8H8F2N4O. The number of hydroxylamine groups is 1. The van der Waals surface area contributed by atoms with Crippen molar-refractivity contribution < 1.29 is 14.0 Å². The molecule has 0 fully saturated rings. The van der Waals surface area contributed by atoms with Crippen molar-refractivity contribution in [3.05, 3.63) is 35.4 Å². The highest BCUT2D eigenvalue weighted by Gasteiger charge is 1.97. The average molecular weight is 214 g/mol. The molecule has 0 aliphatic carbocycles. The molecule has 0 saturated carbocycles. The van der Waals surface area contributed by atoms with Gasteiger partial charge in [0.05, 0.1) is 6.21 Å². The fourth-order valence-electron chi connectivity index (χ4n) is 0.830. The molecule has 0 radical (unpaired) electrons. The molecule has 0 aliphatic rings. The summed E-state index contributed by atoms with van der Waals surface area (Å²) in [6, 6.07) is 2.89. The van der Waals surface area contributed by atoms with Crippen molar-refractivity contribution in [3.8, 4) is 0 Å². The molecule has 80 valence electrons. The second-order valence-electron chi connectivity index (χ2n) is 2.54. The quantitative estimate of drug-likeness (QED) is 0.383. The van der Waals surface area contributed by atoms with Crippen LogP contribution in [0.25, 0.3) is 0 Å². The van der Waals surface area contributed by atoms with Crippen LogP contribution in [0.2, 0.25) is 0 Å². The fraction of sp³-hybridized carbons (Fsp3) is 0. The SMILES string of the molecule is NC(=NN=Cc1cc(F)cc(F)c1)NO. The summed E-state index contributed by atoms with van der Waals surface area (Å²) in [4.78, 5) is 0. The molecule has 0 bridgehead atoms. The molecule has 0 atom stereocenters. The van der Waals surface area contributed by atoms with Crippen LogP contribution < -0.4 is 11.2 Å². The number of benzene rings is 1. The first-order valence-corrected chi connectivity index (χ1v) is 3.84. The van der Waals surface area contributed by atoms with E-state index in [2.05, 4.69) is 10.2 Å². The monoisotopic (exact) mass is 214 g/mol. The molecule has 0 heterocycles. The largest absolute Gasteiger partial charge is 0.367 e. The first-order chi connectivity index (χ1) is 7.11. The van der Waals surface area contributed by atoms with Gasteiger partial charge in [-0.1, -0.05) is 0 Å². The second-order valence-corrected chi connectivity index (χ2v) is 2.54. The van der Waals surface area contributed by atoms with Crippen molar-refractivity contribution in [2.75, 3.05) is 0 Å². The van der Waals surface area contributed by atoms with Gasteiger partial charge in [-0.15, -0.1) is 5.10 Å². The zero-order valence-electron chi connectivity index (χ0n) is 7.48. The molecule has 0 spiro atoms. The molecule has 0 amide bonds. The fourth-order valence-corrected chi connectivity index (χ4v) is 0.830. The van der Waals surface area contributed by atoms with Crippen molar-refractivity contribution in [2.45, 2.75) is 0 Å². The van der Waals surface area contributed by atoms with Gasteiger partial charge >= 0.3 is 0 Å². The third-order valence-corrected chi connectivity index (χ3v) is 1.37. The van der Waals surface area contributed by atoms with Crippen molar-refractivity contribution >= 4 is 12.2 Å². The highest BCUT2D eigenvalue weighted by Crippen LogP contribution is 2.05. The van der Waals surface area contributed by atoms with Crippen LogP contribution in [0.4, 0.5) is 8.78 Å². The number of rotatable bonds is 2. The smallest absolute Gasteiger partial charge is 0.237 e. The highest BCUT2D eigenvalue weighted by molar-refractivity contribution is 5.81. The van der Waals surface area contributed by atoms with Crippen LogP contribution >= 0.6 is 0 Å². The van der Waals surface area contributed by atoms with Crippen molar-refractivity contribution in [1.29, 1.82) is 0 Å². The standard InChI is InChI=1S/C8H8F2N4O/c9-6-1-5(2-7(10)3-6)4-12-13-8(11)14-15/h1-4,15H,(H3,11,13,14). The molecule has 7 heteroatoms. The van der Waals surface area contributed by atoms with Gasteiger partial charge in [-0.2, -0.15) is 5.10 Å². The minimum absolute atomic E-state index is 0.196. The van der Waals surface area contributed by atoms with Crippen molar-refractivity contribution in [2.24, 2.45) is 15.9 Å². The van der Waals surface area contributed by atoms with E-state index in [4.69, 9.17) is 10.9 Å². The van der Waals surface area contributed by atoms with Gasteiger partial charge in [0.25, 0.3) is 0 Å². The van der Waals surface area contributed by atoms with E-state index in [1.54, 1.807) is 0 Å². The van der Waals surface area contributed by atoms with Crippen LogP contribution in [-0.4, -0.2) is 17.4 Å². The minimum atomic E-state index is -0.714. The molecule has 0 aromatic heterocycles. The molecule has 1 aromatic carbocycles. The van der Waals surface area contributed by atoms with E-state index in [9.17, 15) is 8.78 Å². The molecule has 0 unspecified atom stereocenters. The molecule has 1 aromatic rings. The number of guanidine groups is 1. The summed E-state index contributed by atoms with van der Waals surface area (Å²) >= 11 is 0. The summed E-state index contributed by atoms with van der Waals surface area (Å²) in [6.45, 7) is 0. The van der Waals surface area contributed by atoms with Gasteiger partial charge in [-0.05, 0) is 12.1 Å². The molecule has 4 N–H and O–H groups in total. The third-order valence-electron chi connectivity index (χ3n) is 1.37. The number of nitrogens with one attached hydrogen (secondary N) is 1. The molecule has 0 saturated heterocycles. The number of hydrogen-bond donors (Lipinski definition) is 3. The summed E-state index contributed by atoms with van der Waals surface area (Å²) in [7, 11) is 0. The lowest BCUT2D eigenvalue weighted by Crippen LogP contribution is -2.27. The molecule has 15 heavy (non-hydrogen) atoms. The molecule has 1 rings (SSSR count). The Morgan fingerprint density at radius 2 is 1.93 bits per heavy atom. The Labute approximate surface area is 83.9 Å². The van der Waals surface area contributed by atoms with E-state index < -0.39 is 11.6 Å². The molecular weight excluding hydrogens is 206 g/mol. The number of halogens is 2. The zero-order valence-corrected chi connectivity index (χ0v) is 7.48. The van der Waals surface area contributed by atoms with Gasteiger partial charge in [0, 0.05) is 11.6 Å². The average Bonchev–Trinajstić information content (AvgIpc) is 2.16. The summed E-state index contributed by atoms with van der Waals surface area (Å²) in [5, 5.41) is 14.9. The van der Waals surface area contributed by atoms with Gasteiger partial charge in [0.15, 0.2) is 0 Å². The lowest BCUT2D eigenvalue weighted by atomic mass is 10.2. The topological polar surface area (TPSA) is 83.0 Å². The van der Waals surface area contributed by atoms with Gasteiger partial charge in [0.1, 0.15) is 11.6 Å². The van der Waals surface area contributed by atoms with Crippen molar-refractivity contribution in [3.63, 3.8) is 0 Å². The summed E-state index contributed by atoms with van der Waals surface area (Å²) in [6.07, 6.45) is 1.09. The first kappa shape index (κ1) is 11.1. The van der Waals surface area contributed by atoms with Gasteiger partial charge in [-0.25, -0.2) is 14.3 Å². The maximum atomic E-state index is 12.7. The second kappa shape index (κ2) is 5.01. The number of hydrogen-bond acceptors (Lipinski definition) is 3. The van der Waals surface area contributed by atoms with Crippen LogP contribution in [0.1, 0.15) is 5.56 Å². The van der Waals surface area contributed by atoms with Gasteiger partial charge in [0.2, 0.25) is 5.96 Å². The first-order valence-electron chi connectivity index (χ1n) is 3.84. The third kappa shape index (κ3) is 3.69. The Morgan fingerprint density at radius 3 is 2.47 bits per heavy atom. The normalized spacial score (nSPS) is 12.1. The maximum Gasteiger partial charge on any atom is 0.237 e. The van der Waals surface area contributed by atoms with Gasteiger partial charge < -0.3 is 5.73 Å². The van der Waals surface area contributed by atoms with Gasteiger partial charge in [-0.3, -0.25) is 5.21 Å². The van der Waals surface area contributed by atoms with E-state index in [0.29, 0.717) is 0 Å². The highest BCUT2D eigenvalue weighted by atomic mass is 19.1. The van der Waals surface area contributed by atoms with E-state index in [1.807, 2.05) is 0 Å². The Bertz CT molecular complexity index is 385. The predicted molar refractivity (Wildman–Crippen MR) is 50.5 cm³/mol. The van der Waals surface area contributed by atoms with Crippen LogP contribution in [0, 0.1) is 11.6 Å². The maximum absolute atomic E-state index is 12.7. The Kier molecular flexibility index (Phi) is 3.69. The predicted octanol–water partition coefficient (Wildman–Crippen LogP) is 0.592. The minimum Gasteiger partial charge on any atom is -0.367 e.